The Morgan fingerprint density at radius 3 is 2.81 bits per heavy atom. The third-order valence-electron chi connectivity index (χ3n) is 7.98. The first-order valence-electron chi connectivity index (χ1n) is 8.79. The van der Waals surface area contributed by atoms with Gasteiger partial charge in [-0.2, -0.15) is 0 Å². The molecule has 4 rings (SSSR count). The van der Waals surface area contributed by atoms with Crippen LogP contribution in [0.15, 0.2) is 12.2 Å². The second-order valence-corrected chi connectivity index (χ2v) is 8.76. The fourth-order valence-corrected chi connectivity index (χ4v) is 6.80. The molecule has 2 heteroatoms. The summed E-state index contributed by atoms with van der Waals surface area (Å²) in [6, 6.07) is 0. The van der Waals surface area contributed by atoms with Gasteiger partial charge in [0.05, 0.1) is 6.61 Å². The molecule has 0 aliphatic heterocycles. The SMILES string of the molecule is C[C@H]1C(=O)CC[C@]2(C)[C@@H]1CC[C@@]13C=C[C@@](CO)(CC[C@H]12)C3. The molecule has 3 saturated carbocycles. The van der Waals surface area contributed by atoms with Gasteiger partial charge in [-0.25, -0.2) is 0 Å². The molecular formula is C19H28O2. The maximum absolute atomic E-state index is 12.2. The van der Waals surface area contributed by atoms with Crippen LogP contribution in [0, 0.1) is 34.0 Å². The number of carbonyl (C=O) groups is 1. The summed E-state index contributed by atoms with van der Waals surface area (Å²) in [5.74, 6) is 2.06. The molecule has 0 aromatic carbocycles. The van der Waals surface area contributed by atoms with E-state index in [1.165, 1.54) is 19.3 Å². The van der Waals surface area contributed by atoms with Gasteiger partial charge in [0.15, 0.2) is 0 Å². The van der Waals surface area contributed by atoms with Crippen molar-refractivity contribution in [3.63, 3.8) is 0 Å². The van der Waals surface area contributed by atoms with E-state index >= 15 is 0 Å². The van der Waals surface area contributed by atoms with Gasteiger partial charge in [0.2, 0.25) is 0 Å². The minimum Gasteiger partial charge on any atom is -0.395 e. The number of carbonyl (C=O) groups excluding carboxylic acids is 1. The Bertz CT molecular complexity index is 510. The van der Waals surface area contributed by atoms with Crippen molar-refractivity contribution in [3.8, 4) is 0 Å². The molecule has 0 amide bonds. The third kappa shape index (κ3) is 1.66. The van der Waals surface area contributed by atoms with Crippen LogP contribution in [-0.2, 0) is 4.79 Å². The van der Waals surface area contributed by atoms with Crippen molar-refractivity contribution in [2.45, 2.75) is 58.8 Å². The van der Waals surface area contributed by atoms with E-state index in [1.807, 2.05) is 0 Å². The van der Waals surface area contributed by atoms with Gasteiger partial charge < -0.3 is 5.11 Å². The highest BCUT2D eigenvalue weighted by Crippen LogP contribution is 2.69. The summed E-state index contributed by atoms with van der Waals surface area (Å²) in [7, 11) is 0. The van der Waals surface area contributed by atoms with Gasteiger partial charge in [-0.1, -0.05) is 26.0 Å². The van der Waals surface area contributed by atoms with Crippen LogP contribution >= 0.6 is 0 Å². The van der Waals surface area contributed by atoms with Crippen molar-refractivity contribution in [2.24, 2.45) is 34.0 Å². The van der Waals surface area contributed by atoms with Crippen LogP contribution in [0.2, 0.25) is 0 Å². The Morgan fingerprint density at radius 2 is 2.05 bits per heavy atom. The lowest BCUT2D eigenvalue weighted by atomic mass is 9.42. The molecule has 3 fully saturated rings. The molecule has 2 nitrogen and oxygen atoms in total. The Hall–Kier alpha value is -0.630. The average Bonchev–Trinajstić information content (AvgIpc) is 2.76. The molecule has 2 bridgehead atoms. The van der Waals surface area contributed by atoms with Gasteiger partial charge >= 0.3 is 0 Å². The first-order valence-corrected chi connectivity index (χ1v) is 8.79. The molecule has 0 radical (unpaired) electrons. The van der Waals surface area contributed by atoms with Crippen LogP contribution in [0.1, 0.15) is 58.8 Å². The van der Waals surface area contributed by atoms with Gasteiger partial charge in [0.25, 0.3) is 0 Å². The zero-order valence-corrected chi connectivity index (χ0v) is 13.4. The minimum absolute atomic E-state index is 0.0792. The van der Waals surface area contributed by atoms with Crippen LogP contribution < -0.4 is 0 Å². The Kier molecular flexibility index (Phi) is 2.81. The molecule has 4 aliphatic carbocycles. The van der Waals surface area contributed by atoms with Gasteiger partial charge in [-0.05, 0) is 61.2 Å². The highest BCUT2D eigenvalue weighted by Gasteiger charge is 2.62. The molecule has 1 N–H and O–H groups in total. The summed E-state index contributed by atoms with van der Waals surface area (Å²) in [5, 5.41) is 9.83. The monoisotopic (exact) mass is 288 g/mol. The lowest BCUT2D eigenvalue weighted by Crippen LogP contribution is -2.56. The minimum atomic E-state index is 0.0792. The van der Waals surface area contributed by atoms with Gasteiger partial charge in [-0.15, -0.1) is 0 Å². The van der Waals surface area contributed by atoms with Crippen LogP contribution in [0.3, 0.4) is 0 Å². The van der Waals surface area contributed by atoms with Gasteiger partial charge in [0, 0.05) is 17.8 Å². The predicted octanol–water partition coefficient (Wildman–Crippen LogP) is 3.74. The van der Waals surface area contributed by atoms with Gasteiger partial charge in [0.1, 0.15) is 5.78 Å². The van der Waals surface area contributed by atoms with E-state index in [4.69, 9.17) is 0 Å². The summed E-state index contributed by atoms with van der Waals surface area (Å²) >= 11 is 0. The topological polar surface area (TPSA) is 37.3 Å². The van der Waals surface area contributed by atoms with Crippen LogP contribution in [-0.4, -0.2) is 17.5 Å². The first kappa shape index (κ1) is 14.0. The first-order chi connectivity index (χ1) is 9.95. The Balaban J connectivity index is 1.71. The summed E-state index contributed by atoms with van der Waals surface area (Å²) in [5.41, 5.74) is 0.740. The van der Waals surface area contributed by atoms with Crippen molar-refractivity contribution in [3.05, 3.63) is 12.2 Å². The second kappa shape index (κ2) is 4.22. The standard InChI is InChI=1S/C19H28O2/c1-13-14-3-8-19-10-9-18(11-19,12-20)7-5-16(19)17(14,2)6-4-15(13)21/h9-10,13-14,16,20H,3-8,11-12H2,1-2H3/t13-,14-,16+,17-,18+,19+/m1/s1. The molecular weight excluding hydrogens is 260 g/mol. The van der Waals surface area contributed by atoms with Crippen molar-refractivity contribution in [1.82, 2.24) is 0 Å². The molecule has 116 valence electrons. The highest BCUT2D eigenvalue weighted by atomic mass is 16.3. The van der Waals surface area contributed by atoms with E-state index in [2.05, 4.69) is 26.0 Å². The second-order valence-electron chi connectivity index (χ2n) is 8.76. The summed E-state index contributed by atoms with van der Waals surface area (Å²) in [4.78, 5) is 12.2. The zero-order chi connectivity index (χ0) is 14.9. The fourth-order valence-electron chi connectivity index (χ4n) is 6.80. The van der Waals surface area contributed by atoms with E-state index in [9.17, 15) is 9.90 Å². The van der Waals surface area contributed by atoms with E-state index < -0.39 is 0 Å². The number of fused-ring (bicyclic) bond motifs is 3. The molecule has 4 aliphatic rings. The smallest absolute Gasteiger partial charge is 0.136 e. The number of hydrogen-bond donors (Lipinski definition) is 1. The van der Waals surface area contributed by atoms with Crippen LogP contribution in [0.4, 0.5) is 0 Å². The molecule has 0 unspecified atom stereocenters. The lowest BCUT2D eigenvalue weighted by molar-refractivity contribution is -0.149. The van der Waals surface area contributed by atoms with Crippen molar-refractivity contribution in [2.75, 3.05) is 6.61 Å². The van der Waals surface area contributed by atoms with E-state index in [-0.39, 0.29) is 11.3 Å². The number of aliphatic hydroxyl groups is 1. The summed E-state index contributed by atoms with van der Waals surface area (Å²) in [6.07, 6.45) is 12.7. The molecule has 21 heavy (non-hydrogen) atoms. The molecule has 0 saturated heterocycles. The van der Waals surface area contributed by atoms with Crippen molar-refractivity contribution < 1.29 is 9.90 Å². The normalized spacial score (nSPS) is 55.2. The molecule has 0 aromatic heterocycles. The number of ketones is 1. The number of rotatable bonds is 1. The third-order valence-corrected chi connectivity index (χ3v) is 7.98. The fraction of sp³-hybridized carbons (Fsp3) is 0.842. The quantitative estimate of drug-likeness (QED) is 0.746. The number of Topliss-reactive ketones (excluding diaryl/α,β-unsaturated/α-hetero) is 1. The summed E-state index contributed by atoms with van der Waals surface area (Å²) in [6.45, 7) is 4.96. The van der Waals surface area contributed by atoms with E-state index in [0.29, 0.717) is 29.1 Å². The summed E-state index contributed by atoms with van der Waals surface area (Å²) < 4.78 is 0. The van der Waals surface area contributed by atoms with Crippen LogP contribution in [0.25, 0.3) is 0 Å². The maximum atomic E-state index is 12.2. The molecule has 1 spiro atoms. The molecule has 6 atom stereocenters. The molecule has 0 heterocycles. The zero-order valence-electron chi connectivity index (χ0n) is 13.4. The number of hydrogen-bond acceptors (Lipinski definition) is 2. The Labute approximate surface area is 128 Å². The Morgan fingerprint density at radius 1 is 1.24 bits per heavy atom. The predicted molar refractivity (Wildman–Crippen MR) is 82.7 cm³/mol. The van der Waals surface area contributed by atoms with Crippen molar-refractivity contribution in [1.29, 1.82) is 0 Å². The maximum Gasteiger partial charge on any atom is 0.136 e. The van der Waals surface area contributed by atoms with Gasteiger partial charge in [-0.3, -0.25) is 4.79 Å². The van der Waals surface area contributed by atoms with Crippen LogP contribution in [0.5, 0.6) is 0 Å². The van der Waals surface area contributed by atoms with E-state index in [0.717, 1.165) is 31.6 Å². The number of allylic oxidation sites excluding steroid dienone is 1. The van der Waals surface area contributed by atoms with Crippen molar-refractivity contribution >= 4 is 5.78 Å². The lowest BCUT2D eigenvalue weighted by Gasteiger charge is -2.61. The average molecular weight is 288 g/mol. The largest absolute Gasteiger partial charge is 0.395 e. The molecule has 0 aromatic rings. The highest BCUT2D eigenvalue weighted by molar-refractivity contribution is 5.82. The van der Waals surface area contributed by atoms with E-state index in [1.54, 1.807) is 0 Å². The number of aliphatic hydroxyl groups excluding tert-OH is 1.